The standard InChI is InChI=1S/C20H36N4O4/c1-5-6-7-15(21-10-16(25)23-28)18(27)22-11-17(26)24-13-20(4)9-14(24)8-19(2,3)12-20/h14-15,21,28H,5-13H2,1-4H3,(H,22,27)(H,23,25). The van der Waals surface area contributed by atoms with Crippen LogP contribution in [0.3, 0.4) is 0 Å². The Labute approximate surface area is 167 Å². The van der Waals surface area contributed by atoms with Gasteiger partial charge in [0.25, 0.3) is 5.91 Å². The Kier molecular flexibility index (Phi) is 7.45. The van der Waals surface area contributed by atoms with E-state index in [9.17, 15) is 14.4 Å². The Balaban J connectivity index is 1.89. The molecule has 0 radical (unpaired) electrons. The normalized spacial score (nSPS) is 26.6. The molecule has 2 bridgehead atoms. The van der Waals surface area contributed by atoms with Crippen LogP contribution in [0.25, 0.3) is 0 Å². The van der Waals surface area contributed by atoms with Gasteiger partial charge in [0.1, 0.15) is 0 Å². The molecule has 1 heterocycles. The summed E-state index contributed by atoms with van der Waals surface area (Å²) in [5.41, 5.74) is 1.94. The predicted octanol–water partition coefficient (Wildman–Crippen LogP) is 1.18. The number of unbranched alkanes of at least 4 members (excludes halogenated alkanes) is 1. The fourth-order valence-corrected chi connectivity index (χ4v) is 5.13. The molecule has 4 N–H and O–H groups in total. The predicted molar refractivity (Wildman–Crippen MR) is 105 cm³/mol. The highest BCUT2D eigenvalue weighted by atomic mass is 16.5. The van der Waals surface area contributed by atoms with Crippen molar-refractivity contribution in [3.63, 3.8) is 0 Å². The van der Waals surface area contributed by atoms with Gasteiger partial charge in [0.05, 0.1) is 19.1 Å². The zero-order chi connectivity index (χ0) is 20.9. The zero-order valence-corrected chi connectivity index (χ0v) is 17.6. The average Bonchev–Trinajstić information content (AvgIpc) is 2.87. The Morgan fingerprint density at radius 3 is 2.54 bits per heavy atom. The molecule has 8 heteroatoms. The summed E-state index contributed by atoms with van der Waals surface area (Å²) in [5.74, 6) is -0.936. The van der Waals surface area contributed by atoms with Crippen LogP contribution < -0.4 is 16.1 Å². The lowest BCUT2D eigenvalue weighted by molar-refractivity contribution is -0.134. The van der Waals surface area contributed by atoms with Crippen molar-refractivity contribution < 1.29 is 19.6 Å². The first kappa shape index (κ1) is 22.6. The van der Waals surface area contributed by atoms with Crippen molar-refractivity contribution in [2.24, 2.45) is 10.8 Å². The molecule has 0 spiro atoms. The van der Waals surface area contributed by atoms with Crippen molar-refractivity contribution in [2.45, 2.75) is 78.3 Å². The van der Waals surface area contributed by atoms with Crippen LogP contribution in [0.15, 0.2) is 0 Å². The Hall–Kier alpha value is -1.67. The maximum absolute atomic E-state index is 12.8. The van der Waals surface area contributed by atoms with Gasteiger partial charge in [-0.05, 0) is 36.5 Å². The lowest BCUT2D eigenvalue weighted by Gasteiger charge is -2.39. The van der Waals surface area contributed by atoms with E-state index in [0.717, 1.165) is 38.6 Å². The summed E-state index contributed by atoms with van der Waals surface area (Å²) in [7, 11) is 0. The van der Waals surface area contributed by atoms with Gasteiger partial charge < -0.3 is 10.2 Å². The van der Waals surface area contributed by atoms with Crippen LogP contribution in [0, 0.1) is 10.8 Å². The van der Waals surface area contributed by atoms with Gasteiger partial charge in [0, 0.05) is 12.6 Å². The third-order valence-electron chi connectivity index (χ3n) is 5.95. The highest BCUT2D eigenvalue weighted by molar-refractivity contribution is 5.88. The molecular formula is C20H36N4O4. The van der Waals surface area contributed by atoms with Gasteiger partial charge >= 0.3 is 0 Å². The van der Waals surface area contributed by atoms with Crippen molar-refractivity contribution in [1.29, 1.82) is 0 Å². The minimum Gasteiger partial charge on any atom is -0.346 e. The van der Waals surface area contributed by atoms with Gasteiger partial charge in [-0.3, -0.25) is 24.9 Å². The molecular weight excluding hydrogens is 360 g/mol. The maximum atomic E-state index is 12.8. The van der Waals surface area contributed by atoms with E-state index in [1.807, 2.05) is 11.8 Å². The molecule has 0 aromatic rings. The van der Waals surface area contributed by atoms with Crippen LogP contribution in [0.5, 0.6) is 0 Å². The first-order valence-corrected chi connectivity index (χ1v) is 10.3. The number of nitrogens with zero attached hydrogens (tertiary/aromatic N) is 1. The topological polar surface area (TPSA) is 111 Å². The van der Waals surface area contributed by atoms with Crippen molar-refractivity contribution in [3.05, 3.63) is 0 Å². The quantitative estimate of drug-likeness (QED) is 0.346. The fourth-order valence-electron chi connectivity index (χ4n) is 5.13. The van der Waals surface area contributed by atoms with Crippen molar-refractivity contribution in [3.8, 4) is 0 Å². The van der Waals surface area contributed by atoms with Crippen LogP contribution in [0.4, 0.5) is 0 Å². The molecule has 2 fully saturated rings. The van der Waals surface area contributed by atoms with E-state index in [-0.39, 0.29) is 41.8 Å². The fraction of sp³-hybridized carbons (Fsp3) is 0.850. The number of hydrogen-bond acceptors (Lipinski definition) is 5. The molecule has 1 aliphatic carbocycles. The van der Waals surface area contributed by atoms with Gasteiger partial charge in [0.15, 0.2) is 0 Å². The molecule has 8 nitrogen and oxygen atoms in total. The number of nitrogens with one attached hydrogen (secondary N) is 3. The summed E-state index contributed by atoms with van der Waals surface area (Å²) < 4.78 is 0. The number of hydroxylamine groups is 1. The second kappa shape index (κ2) is 9.22. The number of fused-ring (bicyclic) bond motifs is 2. The van der Waals surface area contributed by atoms with Gasteiger partial charge in [-0.2, -0.15) is 0 Å². The molecule has 3 atom stereocenters. The maximum Gasteiger partial charge on any atom is 0.257 e. The number of carbonyl (C=O) groups is 3. The number of hydrogen-bond donors (Lipinski definition) is 4. The smallest absolute Gasteiger partial charge is 0.257 e. The van der Waals surface area contributed by atoms with Crippen molar-refractivity contribution >= 4 is 17.7 Å². The van der Waals surface area contributed by atoms with Crippen molar-refractivity contribution in [1.82, 2.24) is 21.0 Å². The summed E-state index contributed by atoms with van der Waals surface area (Å²) >= 11 is 0. The first-order chi connectivity index (χ1) is 13.1. The summed E-state index contributed by atoms with van der Waals surface area (Å²) in [4.78, 5) is 38.5. The average molecular weight is 397 g/mol. The molecule has 28 heavy (non-hydrogen) atoms. The van der Waals surface area contributed by atoms with Gasteiger partial charge in [-0.1, -0.05) is 40.5 Å². The summed E-state index contributed by atoms with van der Waals surface area (Å²) in [5, 5.41) is 14.2. The SMILES string of the molecule is CCCCC(NCC(=O)NO)C(=O)NCC(=O)N1CC2(C)CC1CC(C)(C)C2. The molecule has 2 rings (SSSR count). The number of rotatable bonds is 9. The largest absolute Gasteiger partial charge is 0.346 e. The number of amides is 3. The van der Waals surface area contributed by atoms with Crippen LogP contribution in [-0.4, -0.2) is 59.5 Å². The van der Waals surface area contributed by atoms with Crippen molar-refractivity contribution in [2.75, 3.05) is 19.6 Å². The first-order valence-electron chi connectivity index (χ1n) is 10.3. The molecule has 3 amide bonds. The lowest BCUT2D eigenvalue weighted by atomic mass is 9.65. The molecule has 1 saturated carbocycles. The van der Waals surface area contributed by atoms with E-state index in [1.54, 1.807) is 5.48 Å². The minimum atomic E-state index is -0.606. The van der Waals surface area contributed by atoms with E-state index in [4.69, 9.17) is 5.21 Å². The van der Waals surface area contributed by atoms with E-state index < -0.39 is 11.9 Å². The van der Waals surface area contributed by atoms with Gasteiger partial charge in [-0.15, -0.1) is 0 Å². The minimum absolute atomic E-state index is 0.0255. The van der Waals surface area contributed by atoms with E-state index >= 15 is 0 Å². The second-order valence-corrected chi connectivity index (χ2v) is 9.56. The molecule has 1 saturated heterocycles. The van der Waals surface area contributed by atoms with Gasteiger partial charge in [-0.25, -0.2) is 5.48 Å². The third-order valence-corrected chi connectivity index (χ3v) is 5.95. The Bertz CT molecular complexity index is 595. The second-order valence-electron chi connectivity index (χ2n) is 9.56. The monoisotopic (exact) mass is 396 g/mol. The Morgan fingerprint density at radius 1 is 1.18 bits per heavy atom. The van der Waals surface area contributed by atoms with Crippen LogP contribution >= 0.6 is 0 Å². The lowest BCUT2D eigenvalue weighted by Crippen LogP contribution is -2.50. The number of likely N-dealkylation sites (tertiary alicyclic amines) is 1. The zero-order valence-electron chi connectivity index (χ0n) is 17.6. The highest BCUT2D eigenvalue weighted by Gasteiger charge is 2.50. The van der Waals surface area contributed by atoms with Crippen LogP contribution in [0.1, 0.15) is 66.2 Å². The molecule has 3 unspecified atom stereocenters. The molecule has 160 valence electrons. The van der Waals surface area contributed by atoms with E-state index in [2.05, 4.69) is 31.4 Å². The van der Waals surface area contributed by atoms with Gasteiger partial charge in [0.2, 0.25) is 11.8 Å². The third kappa shape index (κ3) is 5.91. The molecule has 0 aromatic heterocycles. The summed E-state index contributed by atoms with van der Waals surface area (Å²) in [6, 6.07) is -0.320. The molecule has 2 aliphatic rings. The van der Waals surface area contributed by atoms with E-state index in [0.29, 0.717) is 6.42 Å². The van der Waals surface area contributed by atoms with Crippen LogP contribution in [-0.2, 0) is 14.4 Å². The van der Waals surface area contributed by atoms with Crippen LogP contribution in [0.2, 0.25) is 0 Å². The summed E-state index contributed by atoms with van der Waals surface area (Å²) in [6.07, 6.45) is 5.45. The molecule has 1 aliphatic heterocycles. The van der Waals surface area contributed by atoms with E-state index in [1.165, 1.54) is 0 Å². The highest BCUT2D eigenvalue weighted by Crippen LogP contribution is 2.52. The summed E-state index contributed by atoms with van der Waals surface area (Å²) in [6.45, 7) is 9.37. The Morgan fingerprint density at radius 2 is 1.89 bits per heavy atom. The number of carbonyl (C=O) groups excluding carboxylic acids is 3. The molecule has 0 aromatic carbocycles.